The number of hydrogen-bond donors (Lipinski definition) is 1. The van der Waals surface area contributed by atoms with Gasteiger partial charge in [-0.3, -0.25) is 9.59 Å². The van der Waals surface area contributed by atoms with Gasteiger partial charge in [0.2, 0.25) is 11.8 Å². The number of carbonyl (C=O) groups is 2. The molecular formula is C16H18Cl2N2O2. The molecule has 1 saturated heterocycles. The van der Waals surface area contributed by atoms with Crippen LogP contribution in [-0.2, 0) is 9.59 Å². The van der Waals surface area contributed by atoms with E-state index in [-0.39, 0.29) is 24.2 Å². The first-order chi connectivity index (χ1) is 10.5. The van der Waals surface area contributed by atoms with Gasteiger partial charge in [-0.2, -0.15) is 0 Å². The second-order valence-electron chi connectivity index (χ2n) is 6.00. The Hall–Kier alpha value is -1.26. The van der Waals surface area contributed by atoms with Gasteiger partial charge in [-0.25, -0.2) is 0 Å². The van der Waals surface area contributed by atoms with Crippen molar-refractivity contribution in [3.05, 3.63) is 28.2 Å². The number of benzene rings is 1. The van der Waals surface area contributed by atoms with Crippen LogP contribution in [0.5, 0.6) is 0 Å². The predicted molar refractivity (Wildman–Crippen MR) is 87.2 cm³/mol. The van der Waals surface area contributed by atoms with E-state index < -0.39 is 0 Å². The van der Waals surface area contributed by atoms with Crippen molar-refractivity contribution in [3.8, 4) is 0 Å². The van der Waals surface area contributed by atoms with Crippen LogP contribution in [0.15, 0.2) is 18.2 Å². The van der Waals surface area contributed by atoms with Gasteiger partial charge in [0.1, 0.15) is 0 Å². The Morgan fingerprint density at radius 1 is 1.23 bits per heavy atom. The predicted octanol–water partition coefficient (Wildman–Crippen LogP) is 3.72. The van der Waals surface area contributed by atoms with Crippen LogP contribution in [0, 0.1) is 5.92 Å². The fourth-order valence-corrected chi connectivity index (χ4v) is 3.64. The third-order valence-electron chi connectivity index (χ3n) is 4.48. The van der Waals surface area contributed by atoms with Crippen molar-refractivity contribution in [3.63, 3.8) is 0 Å². The molecule has 0 bridgehead atoms. The maximum Gasteiger partial charge on any atom is 0.229 e. The lowest BCUT2D eigenvalue weighted by Crippen LogP contribution is -2.35. The summed E-state index contributed by atoms with van der Waals surface area (Å²) in [5.74, 6) is -0.398. The first-order valence-corrected chi connectivity index (χ1v) is 8.35. The molecule has 0 radical (unpaired) electrons. The van der Waals surface area contributed by atoms with Gasteiger partial charge in [-0.1, -0.05) is 36.0 Å². The second kappa shape index (κ2) is 6.47. The van der Waals surface area contributed by atoms with Crippen LogP contribution in [0.1, 0.15) is 32.1 Å². The van der Waals surface area contributed by atoms with Crippen molar-refractivity contribution < 1.29 is 9.59 Å². The molecule has 1 N–H and O–H groups in total. The van der Waals surface area contributed by atoms with Gasteiger partial charge in [-0.15, -0.1) is 0 Å². The van der Waals surface area contributed by atoms with Crippen molar-refractivity contribution in [1.29, 1.82) is 0 Å². The Morgan fingerprint density at radius 3 is 2.68 bits per heavy atom. The summed E-state index contributed by atoms with van der Waals surface area (Å²) in [6.07, 6.45) is 4.73. The fraction of sp³-hybridized carbons (Fsp3) is 0.500. The molecule has 1 aromatic rings. The number of hydrogen-bond acceptors (Lipinski definition) is 2. The Bertz CT molecular complexity index is 600. The molecule has 1 aliphatic heterocycles. The van der Waals surface area contributed by atoms with Gasteiger partial charge >= 0.3 is 0 Å². The smallest absolute Gasteiger partial charge is 0.229 e. The summed E-state index contributed by atoms with van der Waals surface area (Å²) in [4.78, 5) is 26.4. The van der Waals surface area contributed by atoms with E-state index in [2.05, 4.69) is 5.32 Å². The number of likely N-dealkylation sites (tertiary alicyclic amines) is 1. The molecule has 0 unspecified atom stereocenters. The van der Waals surface area contributed by atoms with E-state index in [0.29, 0.717) is 28.3 Å². The highest BCUT2D eigenvalue weighted by Gasteiger charge is 2.38. The molecule has 0 aromatic heterocycles. The highest BCUT2D eigenvalue weighted by Crippen LogP contribution is 2.31. The number of anilines is 1. The van der Waals surface area contributed by atoms with Crippen LogP contribution in [-0.4, -0.2) is 29.3 Å². The summed E-state index contributed by atoms with van der Waals surface area (Å²) in [6, 6.07) is 5.25. The lowest BCUT2D eigenvalue weighted by molar-refractivity contribution is -0.129. The summed E-state index contributed by atoms with van der Waals surface area (Å²) in [5, 5.41) is 3.74. The normalized spacial score (nSPS) is 22.4. The van der Waals surface area contributed by atoms with E-state index in [9.17, 15) is 9.59 Å². The molecule has 1 heterocycles. The minimum absolute atomic E-state index is 0.0873. The van der Waals surface area contributed by atoms with Crippen LogP contribution in [0.4, 0.5) is 5.69 Å². The topological polar surface area (TPSA) is 49.4 Å². The highest BCUT2D eigenvalue weighted by atomic mass is 35.5. The first kappa shape index (κ1) is 15.6. The summed E-state index contributed by atoms with van der Waals surface area (Å²) in [6.45, 7) is 0.507. The second-order valence-corrected chi connectivity index (χ2v) is 6.84. The third-order valence-corrected chi connectivity index (χ3v) is 5.05. The van der Waals surface area contributed by atoms with E-state index in [4.69, 9.17) is 23.2 Å². The average molecular weight is 341 g/mol. The molecule has 0 spiro atoms. The molecule has 1 saturated carbocycles. The van der Waals surface area contributed by atoms with Crippen LogP contribution < -0.4 is 5.32 Å². The highest BCUT2D eigenvalue weighted by molar-refractivity contribution is 6.35. The largest absolute Gasteiger partial charge is 0.339 e. The molecule has 3 rings (SSSR count). The van der Waals surface area contributed by atoms with Gasteiger partial charge in [0.25, 0.3) is 0 Å². The third kappa shape index (κ3) is 3.23. The van der Waals surface area contributed by atoms with Crippen molar-refractivity contribution in [2.75, 3.05) is 11.9 Å². The molecule has 118 valence electrons. The van der Waals surface area contributed by atoms with Gasteiger partial charge in [-0.05, 0) is 31.0 Å². The standard InChI is InChI=1S/C16H18Cl2N2O2/c17-11-5-6-13(18)14(8-11)19-16(22)10-7-15(21)20(9-10)12-3-1-2-4-12/h5-6,8,10,12H,1-4,7,9H2,(H,19,22)/t10-/m0/s1. The van der Waals surface area contributed by atoms with Crippen molar-refractivity contribution in [2.45, 2.75) is 38.1 Å². The van der Waals surface area contributed by atoms with Crippen LogP contribution in [0.2, 0.25) is 10.0 Å². The van der Waals surface area contributed by atoms with Crippen molar-refractivity contribution >= 4 is 40.7 Å². The van der Waals surface area contributed by atoms with Crippen LogP contribution >= 0.6 is 23.2 Å². The zero-order valence-corrected chi connectivity index (χ0v) is 13.7. The van der Waals surface area contributed by atoms with Gasteiger partial charge in [0, 0.05) is 24.0 Å². The van der Waals surface area contributed by atoms with Gasteiger partial charge in [0.15, 0.2) is 0 Å². The summed E-state index contributed by atoms with van der Waals surface area (Å²) in [7, 11) is 0. The van der Waals surface area contributed by atoms with Crippen molar-refractivity contribution in [1.82, 2.24) is 4.90 Å². The van der Waals surface area contributed by atoms with Crippen LogP contribution in [0.3, 0.4) is 0 Å². The fourth-order valence-electron chi connectivity index (χ4n) is 3.30. The van der Waals surface area contributed by atoms with Gasteiger partial charge < -0.3 is 10.2 Å². The molecule has 2 fully saturated rings. The van der Waals surface area contributed by atoms with E-state index in [1.807, 2.05) is 4.90 Å². The molecule has 1 aromatic carbocycles. The Morgan fingerprint density at radius 2 is 1.95 bits per heavy atom. The Labute approximate surface area is 139 Å². The van der Waals surface area contributed by atoms with Crippen molar-refractivity contribution in [2.24, 2.45) is 5.92 Å². The number of rotatable bonds is 3. The number of nitrogens with zero attached hydrogens (tertiary/aromatic N) is 1. The van der Waals surface area contributed by atoms with E-state index in [1.54, 1.807) is 18.2 Å². The number of halogens is 2. The minimum atomic E-state index is -0.317. The molecular weight excluding hydrogens is 323 g/mol. The Kier molecular flexibility index (Phi) is 4.59. The van der Waals surface area contributed by atoms with Gasteiger partial charge in [0.05, 0.1) is 16.6 Å². The monoisotopic (exact) mass is 340 g/mol. The van der Waals surface area contributed by atoms with E-state index in [1.165, 1.54) is 12.8 Å². The minimum Gasteiger partial charge on any atom is -0.339 e. The lowest BCUT2D eigenvalue weighted by Gasteiger charge is -2.23. The maximum atomic E-state index is 12.4. The zero-order chi connectivity index (χ0) is 15.7. The summed E-state index contributed by atoms with van der Waals surface area (Å²) in [5.41, 5.74) is 0.492. The molecule has 4 nitrogen and oxygen atoms in total. The zero-order valence-electron chi connectivity index (χ0n) is 12.1. The summed E-state index contributed by atoms with van der Waals surface area (Å²) < 4.78 is 0. The molecule has 1 aliphatic carbocycles. The number of nitrogens with one attached hydrogen (secondary N) is 1. The molecule has 6 heteroatoms. The molecule has 22 heavy (non-hydrogen) atoms. The van der Waals surface area contributed by atoms with E-state index in [0.717, 1.165) is 12.8 Å². The van der Waals surface area contributed by atoms with E-state index >= 15 is 0 Å². The lowest BCUT2D eigenvalue weighted by atomic mass is 10.1. The molecule has 1 atom stereocenters. The summed E-state index contributed by atoms with van der Waals surface area (Å²) >= 11 is 12.0. The number of carbonyl (C=O) groups excluding carboxylic acids is 2. The Balaban J connectivity index is 1.65. The number of amides is 2. The first-order valence-electron chi connectivity index (χ1n) is 7.60. The molecule has 2 amide bonds. The SMILES string of the molecule is O=C(Nc1cc(Cl)ccc1Cl)[C@H]1CC(=O)N(C2CCCC2)C1. The van der Waals surface area contributed by atoms with Crippen LogP contribution in [0.25, 0.3) is 0 Å². The molecule has 2 aliphatic rings. The quantitative estimate of drug-likeness (QED) is 0.911. The average Bonchev–Trinajstić information content (AvgIpc) is 3.11. The maximum absolute atomic E-state index is 12.4.